The van der Waals surface area contributed by atoms with E-state index < -0.39 is 17.6 Å². The molecule has 2 rings (SSSR count). The second-order valence-electron chi connectivity index (χ2n) is 4.17. The number of aromatic carboxylic acids is 2. The first kappa shape index (κ1) is 12.8. The van der Waals surface area contributed by atoms with Crippen molar-refractivity contribution in [3.8, 4) is 5.69 Å². The second kappa shape index (κ2) is 4.56. The zero-order valence-electron chi connectivity index (χ0n) is 10.4. The predicted octanol–water partition coefficient (Wildman–Crippen LogP) is 1.89. The van der Waals surface area contributed by atoms with Crippen LogP contribution in [-0.2, 0) is 0 Å². The zero-order chi connectivity index (χ0) is 14.2. The van der Waals surface area contributed by atoms with Gasteiger partial charge in [-0.15, -0.1) is 0 Å². The lowest BCUT2D eigenvalue weighted by atomic mass is 10.2. The molecule has 0 aliphatic heterocycles. The lowest BCUT2D eigenvalue weighted by Crippen LogP contribution is -2.07. The number of aromatic nitrogens is 2. The summed E-state index contributed by atoms with van der Waals surface area (Å²) in [4.78, 5) is 22.2. The van der Waals surface area contributed by atoms with Crippen LogP contribution in [0.2, 0.25) is 0 Å². The summed E-state index contributed by atoms with van der Waals surface area (Å²) in [5.41, 5.74) is 1.22. The van der Waals surface area contributed by atoms with Gasteiger partial charge in [-0.05, 0) is 26.0 Å². The highest BCUT2D eigenvalue weighted by Gasteiger charge is 2.25. The third-order valence-electron chi connectivity index (χ3n) is 2.81. The maximum absolute atomic E-state index is 11.1. The first-order valence-corrected chi connectivity index (χ1v) is 5.55. The van der Waals surface area contributed by atoms with Crippen LogP contribution in [-0.4, -0.2) is 31.9 Å². The third kappa shape index (κ3) is 2.20. The number of benzene rings is 1. The van der Waals surface area contributed by atoms with Crippen LogP contribution in [0.4, 0.5) is 0 Å². The molecule has 1 heterocycles. The Bertz CT molecular complexity index is 656. The molecule has 0 saturated heterocycles. The van der Waals surface area contributed by atoms with Crippen LogP contribution >= 0.6 is 0 Å². The molecule has 0 bridgehead atoms. The van der Waals surface area contributed by atoms with Gasteiger partial charge in [-0.2, -0.15) is 5.10 Å². The Morgan fingerprint density at radius 3 is 2.05 bits per heavy atom. The molecule has 0 fully saturated rings. The molecule has 6 heteroatoms. The van der Waals surface area contributed by atoms with Gasteiger partial charge in [-0.1, -0.05) is 17.7 Å². The maximum atomic E-state index is 11.1. The first-order chi connectivity index (χ1) is 8.91. The van der Waals surface area contributed by atoms with Crippen molar-refractivity contribution in [2.75, 3.05) is 0 Å². The lowest BCUT2D eigenvalue weighted by molar-refractivity contribution is 0.0648. The van der Waals surface area contributed by atoms with Gasteiger partial charge in [0.25, 0.3) is 0 Å². The smallest absolute Gasteiger partial charge is 0.357 e. The SMILES string of the molecule is Cc1ccc(-n2nc(C(=O)O)c(C(=O)O)c2C)cc1. The van der Waals surface area contributed by atoms with E-state index in [0.29, 0.717) is 5.69 Å². The normalized spacial score (nSPS) is 10.4. The number of carbonyl (C=O) groups is 2. The van der Waals surface area contributed by atoms with Crippen LogP contribution in [0.5, 0.6) is 0 Å². The van der Waals surface area contributed by atoms with E-state index >= 15 is 0 Å². The third-order valence-corrected chi connectivity index (χ3v) is 2.81. The summed E-state index contributed by atoms with van der Waals surface area (Å²) in [5, 5.41) is 22.0. The summed E-state index contributed by atoms with van der Waals surface area (Å²) in [6.45, 7) is 3.45. The van der Waals surface area contributed by atoms with E-state index in [2.05, 4.69) is 5.10 Å². The summed E-state index contributed by atoms with van der Waals surface area (Å²) in [6, 6.07) is 7.20. The van der Waals surface area contributed by atoms with Crippen molar-refractivity contribution in [3.05, 3.63) is 46.8 Å². The van der Waals surface area contributed by atoms with E-state index in [1.54, 1.807) is 12.1 Å². The first-order valence-electron chi connectivity index (χ1n) is 5.55. The molecule has 98 valence electrons. The molecular weight excluding hydrogens is 248 g/mol. The fourth-order valence-corrected chi connectivity index (χ4v) is 1.85. The molecule has 0 saturated carbocycles. The molecular formula is C13H12N2O4. The highest BCUT2D eigenvalue weighted by Crippen LogP contribution is 2.19. The Balaban J connectivity index is 2.65. The fraction of sp³-hybridized carbons (Fsp3) is 0.154. The minimum Gasteiger partial charge on any atom is -0.478 e. The van der Waals surface area contributed by atoms with Crippen LogP contribution in [0.15, 0.2) is 24.3 Å². The van der Waals surface area contributed by atoms with Gasteiger partial charge in [0.1, 0.15) is 5.56 Å². The number of rotatable bonds is 3. The summed E-state index contributed by atoms with van der Waals surface area (Å²) in [7, 11) is 0. The van der Waals surface area contributed by atoms with E-state index in [4.69, 9.17) is 10.2 Å². The number of carboxylic acid groups (broad SMARTS) is 2. The molecule has 0 spiro atoms. The number of carboxylic acids is 2. The van der Waals surface area contributed by atoms with Gasteiger partial charge in [-0.25, -0.2) is 14.3 Å². The van der Waals surface area contributed by atoms with E-state index in [1.807, 2.05) is 19.1 Å². The van der Waals surface area contributed by atoms with Gasteiger partial charge in [0.15, 0.2) is 5.69 Å². The number of aryl methyl sites for hydroxylation is 1. The molecule has 1 aromatic carbocycles. The average Bonchev–Trinajstić information content (AvgIpc) is 2.68. The van der Waals surface area contributed by atoms with E-state index in [9.17, 15) is 9.59 Å². The largest absolute Gasteiger partial charge is 0.478 e. The van der Waals surface area contributed by atoms with Crippen LogP contribution < -0.4 is 0 Å². The molecule has 0 aliphatic carbocycles. The molecule has 0 unspecified atom stereocenters. The highest BCUT2D eigenvalue weighted by atomic mass is 16.4. The van der Waals surface area contributed by atoms with E-state index in [-0.39, 0.29) is 11.3 Å². The summed E-state index contributed by atoms with van der Waals surface area (Å²) >= 11 is 0. The Morgan fingerprint density at radius 1 is 1.05 bits per heavy atom. The molecule has 0 atom stereocenters. The minimum atomic E-state index is -1.36. The molecule has 0 aliphatic rings. The topological polar surface area (TPSA) is 92.4 Å². The van der Waals surface area contributed by atoms with Crippen molar-refractivity contribution in [1.29, 1.82) is 0 Å². The van der Waals surface area contributed by atoms with Crippen molar-refractivity contribution in [2.24, 2.45) is 0 Å². The molecule has 2 aromatic rings. The summed E-state index contributed by atoms with van der Waals surface area (Å²) in [5.74, 6) is -2.65. The van der Waals surface area contributed by atoms with Crippen molar-refractivity contribution in [3.63, 3.8) is 0 Å². The Kier molecular flexibility index (Phi) is 3.08. The van der Waals surface area contributed by atoms with Gasteiger partial charge in [-0.3, -0.25) is 0 Å². The second-order valence-corrected chi connectivity index (χ2v) is 4.17. The molecule has 1 aromatic heterocycles. The zero-order valence-corrected chi connectivity index (χ0v) is 10.4. The average molecular weight is 260 g/mol. The van der Waals surface area contributed by atoms with Gasteiger partial charge in [0.05, 0.1) is 11.4 Å². The monoisotopic (exact) mass is 260 g/mol. The van der Waals surface area contributed by atoms with Gasteiger partial charge < -0.3 is 10.2 Å². The lowest BCUT2D eigenvalue weighted by Gasteiger charge is -2.04. The van der Waals surface area contributed by atoms with Gasteiger partial charge in [0.2, 0.25) is 0 Å². The number of hydrogen-bond donors (Lipinski definition) is 2. The number of nitrogens with zero attached hydrogens (tertiary/aromatic N) is 2. The van der Waals surface area contributed by atoms with E-state index in [0.717, 1.165) is 5.56 Å². The van der Waals surface area contributed by atoms with Crippen LogP contribution in [0.1, 0.15) is 32.1 Å². The molecule has 0 radical (unpaired) electrons. The van der Waals surface area contributed by atoms with Crippen molar-refractivity contribution < 1.29 is 19.8 Å². The van der Waals surface area contributed by atoms with Crippen LogP contribution in [0.25, 0.3) is 5.69 Å². The van der Waals surface area contributed by atoms with Crippen molar-refractivity contribution >= 4 is 11.9 Å². The summed E-state index contributed by atoms with van der Waals surface area (Å²) in [6.07, 6.45) is 0. The van der Waals surface area contributed by atoms with Crippen LogP contribution in [0.3, 0.4) is 0 Å². The minimum absolute atomic E-state index is 0.284. The standard InChI is InChI=1S/C13H12N2O4/c1-7-3-5-9(6-4-7)15-8(2)10(12(16)17)11(14-15)13(18)19/h3-6H,1-2H3,(H,16,17)(H,18,19). The van der Waals surface area contributed by atoms with Crippen molar-refractivity contribution in [2.45, 2.75) is 13.8 Å². The Labute approximate surface area is 108 Å². The molecule has 19 heavy (non-hydrogen) atoms. The fourth-order valence-electron chi connectivity index (χ4n) is 1.85. The van der Waals surface area contributed by atoms with Crippen molar-refractivity contribution in [1.82, 2.24) is 9.78 Å². The Hall–Kier alpha value is -2.63. The maximum Gasteiger partial charge on any atom is 0.357 e. The molecule has 6 nitrogen and oxygen atoms in total. The quantitative estimate of drug-likeness (QED) is 0.879. The number of hydrogen-bond acceptors (Lipinski definition) is 3. The molecule has 2 N–H and O–H groups in total. The van der Waals surface area contributed by atoms with Gasteiger partial charge >= 0.3 is 11.9 Å². The van der Waals surface area contributed by atoms with Gasteiger partial charge in [0, 0.05) is 0 Å². The Morgan fingerprint density at radius 2 is 1.63 bits per heavy atom. The highest BCUT2D eigenvalue weighted by molar-refractivity contribution is 6.01. The summed E-state index contributed by atoms with van der Waals surface area (Å²) < 4.78 is 1.33. The predicted molar refractivity (Wildman–Crippen MR) is 67.0 cm³/mol. The van der Waals surface area contributed by atoms with E-state index in [1.165, 1.54) is 11.6 Å². The molecule has 0 amide bonds. The van der Waals surface area contributed by atoms with Crippen LogP contribution in [0, 0.1) is 13.8 Å².